The van der Waals surface area contributed by atoms with Crippen LogP contribution in [0.3, 0.4) is 0 Å². The number of hydrogen-bond donors (Lipinski definition) is 1. The summed E-state index contributed by atoms with van der Waals surface area (Å²) in [6, 6.07) is 12.8. The molecular formula is C23H22F3N5S3. The first-order valence-corrected chi connectivity index (χ1v) is 11.9. The normalized spacial score (nSPS) is 16.6. The summed E-state index contributed by atoms with van der Waals surface area (Å²) in [5.74, 6) is 0.418. The molecule has 1 heterocycles. The molecule has 34 heavy (non-hydrogen) atoms. The first-order valence-electron chi connectivity index (χ1n) is 10.3. The maximum atomic E-state index is 13.7. The molecule has 1 aliphatic rings. The Kier molecular flexibility index (Phi) is 7.55. The van der Waals surface area contributed by atoms with Gasteiger partial charge in [0, 0.05) is 24.2 Å². The van der Waals surface area contributed by atoms with Crippen molar-refractivity contribution in [3.05, 3.63) is 59.2 Å². The molecular weight excluding hydrogens is 499 g/mol. The number of aryl methyl sites for hydroxylation is 1. The van der Waals surface area contributed by atoms with Gasteiger partial charge in [-0.25, -0.2) is 0 Å². The minimum atomic E-state index is -4.70. The lowest BCUT2D eigenvalue weighted by Gasteiger charge is -2.31. The molecule has 1 N–H and O–H groups in total. The van der Waals surface area contributed by atoms with Crippen LogP contribution >= 0.6 is 36.4 Å². The van der Waals surface area contributed by atoms with E-state index >= 15 is 0 Å². The Labute approximate surface area is 211 Å². The lowest BCUT2D eigenvalue weighted by Crippen LogP contribution is -2.44. The molecule has 1 aliphatic heterocycles. The van der Waals surface area contributed by atoms with Gasteiger partial charge in [-0.1, -0.05) is 29.9 Å². The van der Waals surface area contributed by atoms with E-state index in [0.717, 1.165) is 35.3 Å². The van der Waals surface area contributed by atoms with Gasteiger partial charge in [-0.05, 0) is 70.2 Å². The zero-order valence-electron chi connectivity index (χ0n) is 18.9. The Morgan fingerprint density at radius 2 is 1.79 bits per heavy atom. The van der Waals surface area contributed by atoms with Gasteiger partial charge in [0.15, 0.2) is 9.43 Å². The number of hydrogen-bond acceptors (Lipinski definition) is 5. The molecule has 0 aromatic heterocycles. The number of rotatable bonds is 4. The number of alkyl halides is 3. The zero-order chi connectivity index (χ0) is 25.3. The molecule has 2 aromatic carbocycles. The van der Waals surface area contributed by atoms with E-state index in [4.69, 9.17) is 24.4 Å². The molecule has 11 heteroatoms. The van der Waals surface area contributed by atoms with E-state index < -0.39 is 22.8 Å². The molecule has 5 nitrogen and oxygen atoms in total. The lowest BCUT2D eigenvalue weighted by atomic mass is 10.0. The number of thiocarbonyl (C=S) groups is 2. The molecule has 0 amide bonds. The number of amidine groups is 1. The van der Waals surface area contributed by atoms with Crippen LogP contribution in [0.15, 0.2) is 46.9 Å². The molecule has 0 aliphatic carbocycles. The van der Waals surface area contributed by atoms with E-state index in [9.17, 15) is 18.4 Å². The summed E-state index contributed by atoms with van der Waals surface area (Å²) in [6.07, 6.45) is -4.70. The Balaban J connectivity index is 2.19. The number of nitriles is 1. The average molecular weight is 522 g/mol. The molecule has 178 valence electrons. The minimum Gasteiger partial charge on any atom is -0.370 e. The van der Waals surface area contributed by atoms with Crippen LogP contribution in [0.5, 0.6) is 0 Å². The fourth-order valence-corrected chi connectivity index (χ4v) is 5.05. The highest BCUT2D eigenvalue weighted by Gasteiger charge is 2.49. The van der Waals surface area contributed by atoms with Crippen molar-refractivity contribution in [3.8, 4) is 6.07 Å². The van der Waals surface area contributed by atoms with Gasteiger partial charge in [-0.15, -0.1) is 0 Å². The summed E-state index contributed by atoms with van der Waals surface area (Å²) < 4.78 is 46.1. The first kappa shape index (κ1) is 25.9. The van der Waals surface area contributed by atoms with Gasteiger partial charge in [0.2, 0.25) is 0 Å². The highest BCUT2D eigenvalue weighted by Crippen LogP contribution is 2.40. The van der Waals surface area contributed by atoms with E-state index in [0.29, 0.717) is 16.7 Å². The van der Waals surface area contributed by atoms with Crippen molar-refractivity contribution in [3.63, 3.8) is 0 Å². The zero-order valence-corrected chi connectivity index (χ0v) is 21.3. The van der Waals surface area contributed by atoms with Gasteiger partial charge in [0.25, 0.3) is 0 Å². The minimum absolute atomic E-state index is 0.160. The molecule has 0 saturated carbocycles. The van der Waals surface area contributed by atoms with Crippen molar-refractivity contribution in [1.29, 1.82) is 5.26 Å². The third-order valence-electron chi connectivity index (χ3n) is 5.22. The number of anilines is 2. The van der Waals surface area contributed by atoms with Gasteiger partial charge in [-0.2, -0.15) is 22.8 Å². The van der Waals surface area contributed by atoms with Crippen LogP contribution in [-0.4, -0.2) is 27.4 Å². The van der Waals surface area contributed by atoms with Crippen molar-refractivity contribution in [2.24, 2.45) is 4.40 Å². The van der Waals surface area contributed by atoms with Crippen LogP contribution in [0.2, 0.25) is 0 Å². The van der Waals surface area contributed by atoms with Crippen molar-refractivity contribution in [2.75, 3.05) is 16.3 Å². The third-order valence-corrected chi connectivity index (χ3v) is 6.52. The highest BCUT2D eigenvalue weighted by molar-refractivity contribution is 8.22. The van der Waals surface area contributed by atoms with Gasteiger partial charge in [-0.3, -0.25) is 4.90 Å². The summed E-state index contributed by atoms with van der Waals surface area (Å²) in [6.45, 7) is 8.26. The maximum Gasteiger partial charge on any atom is 0.417 e. The summed E-state index contributed by atoms with van der Waals surface area (Å²) in [4.78, 5) is 3.36. The predicted octanol–water partition coefficient (Wildman–Crippen LogP) is 6.22. The van der Waals surface area contributed by atoms with E-state index in [1.807, 2.05) is 56.9 Å². The Morgan fingerprint density at radius 3 is 2.35 bits per heavy atom. The van der Waals surface area contributed by atoms with Gasteiger partial charge < -0.3 is 10.2 Å². The van der Waals surface area contributed by atoms with Crippen LogP contribution in [0.4, 0.5) is 24.5 Å². The van der Waals surface area contributed by atoms with Crippen molar-refractivity contribution < 1.29 is 13.2 Å². The van der Waals surface area contributed by atoms with Crippen LogP contribution in [0, 0.1) is 18.3 Å². The Bertz CT molecular complexity index is 1180. The van der Waals surface area contributed by atoms with E-state index in [-0.39, 0.29) is 10.8 Å². The molecule has 0 atom stereocenters. The Morgan fingerprint density at radius 1 is 1.18 bits per heavy atom. The number of nitrogens with one attached hydrogen (secondary N) is 1. The fourth-order valence-electron chi connectivity index (χ4n) is 3.58. The first-order chi connectivity index (χ1) is 15.9. The van der Waals surface area contributed by atoms with Crippen molar-refractivity contribution >= 4 is 63.0 Å². The van der Waals surface area contributed by atoms with Crippen molar-refractivity contribution in [2.45, 2.75) is 39.4 Å². The SMILES string of the molecule is CCNC(=S)S/N=C1/N(c2ccc(C#N)c(C(F)(F)F)c2)C(=S)N(c2ccc(C)cc2)C1(C)C. The van der Waals surface area contributed by atoms with E-state index in [1.54, 1.807) is 6.07 Å². The number of nitrogens with zero attached hydrogens (tertiary/aromatic N) is 4. The summed E-state index contributed by atoms with van der Waals surface area (Å²) >= 11 is 12.1. The second-order valence-corrected chi connectivity index (χ2v) is 9.82. The van der Waals surface area contributed by atoms with Gasteiger partial charge in [0.1, 0.15) is 11.4 Å². The standard InChI is InChI=1S/C23H22F3N5S3/c1-5-28-20(32)34-29-19-22(3,4)31(16-9-6-14(2)7-10-16)21(33)30(19)17-11-8-15(13-27)18(12-17)23(24,25)26/h6-12H,5H2,1-4H3,(H,28,32)/b29-19+. The monoisotopic (exact) mass is 521 g/mol. The number of halogens is 3. The Hall–Kier alpha value is -2.68. The molecule has 1 saturated heterocycles. The molecule has 3 rings (SSSR count). The van der Waals surface area contributed by atoms with E-state index in [1.165, 1.54) is 11.0 Å². The maximum absolute atomic E-state index is 13.7. The summed E-state index contributed by atoms with van der Waals surface area (Å²) in [7, 11) is 0. The van der Waals surface area contributed by atoms with Gasteiger partial charge in [0.05, 0.1) is 22.9 Å². The average Bonchev–Trinajstić information content (AvgIpc) is 2.96. The summed E-state index contributed by atoms with van der Waals surface area (Å²) in [5.41, 5.74) is -0.305. The second kappa shape index (κ2) is 9.90. The van der Waals surface area contributed by atoms with Crippen LogP contribution in [-0.2, 0) is 6.18 Å². The smallest absolute Gasteiger partial charge is 0.370 e. The van der Waals surface area contributed by atoms with Crippen LogP contribution < -0.4 is 15.1 Å². The van der Waals surface area contributed by atoms with E-state index in [2.05, 4.69) is 9.71 Å². The van der Waals surface area contributed by atoms with Crippen LogP contribution in [0.1, 0.15) is 37.5 Å². The quantitative estimate of drug-likeness (QED) is 0.379. The third kappa shape index (κ3) is 5.04. The molecule has 0 unspecified atom stereocenters. The molecule has 0 spiro atoms. The largest absolute Gasteiger partial charge is 0.417 e. The molecule has 2 aromatic rings. The van der Waals surface area contributed by atoms with Crippen molar-refractivity contribution in [1.82, 2.24) is 5.32 Å². The predicted molar refractivity (Wildman–Crippen MR) is 140 cm³/mol. The topological polar surface area (TPSA) is 54.7 Å². The molecule has 1 fully saturated rings. The summed E-state index contributed by atoms with van der Waals surface area (Å²) in [5, 5.41) is 12.4. The fraction of sp³-hybridized carbons (Fsp3) is 0.304. The molecule has 0 radical (unpaired) electrons. The van der Waals surface area contributed by atoms with Gasteiger partial charge >= 0.3 is 6.18 Å². The van der Waals surface area contributed by atoms with Crippen LogP contribution in [0.25, 0.3) is 0 Å². The lowest BCUT2D eigenvalue weighted by molar-refractivity contribution is -0.137. The highest BCUT2D eigenvalue weighted by atomic mass is 32.2. The molecule has 0 bridgehead atoms. The second-order valence-electron chi connectivity index (χ2n) is 8.01. The number of benzene rings is 2.